The van der Waals surface area contributed by atoms with Crippen molar-refractivity contribution in [1.82, 2.24) is 10.2 Å². The van der Waals surface area contributed by atoms with Gasteiger partial charge in [0.05, 0.1) is 25.9 Å². The van der Waals surface area contributed by atoms with Gasteiger partial charge in [-0.1, -0.05) is 54.1 Å². The fourth-order valence-electron chi connectivity index (χ4n) is 5.27. The lowest BCUT2D eigenvalue weighted by atomic mass is 9.92. The Kier molecular flexibility index (Phi) is 10.6. The molecule has 1 unspecified atom stereocenters. The lowest BCUT2D eigenvalue weighted by Gasteiger charge is -2.38. The van der Waals surface area contributed by atoms with Crippen LogP contribution in [0.2, 0.25) is 5.02 Å². The number of piperidine rings is 1. The number of rotatable bonds is 11. The van der Waals surface area contributed by atoms with Crippen molar-refractivity contribution in [2.75, 3.05) is 20.3 Å². The standard InChI is InChI=1S/C31H39ClN4O6/c1-20(33)27(37)34-26(21(2)41-18-22-10-5-4-6-11-22)29(38)36-15-8-7-14-25(36)28-35-31(19-42-28,30(39)40-3)17-23-12-9-13-24(32)16-23/h4-6,9-13,16,20-21,25-26H,7-8,14-15,17-19,33H2,1-3H3,(H,34,37)/t20-,21?,25-,26-,31+/m0/s1. The van der Waals surface area contributed by atoms with E-state index in [0.717, 1.165) is 24.0 Å². The predicted molar refractivity (Wildman–Crippen MR) is 159 cm³/mol. The van der Waals surface area contributed by atoms with E-state index in [9.17, 15) is 14.4 Å². The number of carbonyl (C=O) groups excluding carboxylic acids is 3. The van der Waals surface area contributed by atoms with Gasteiger partial charge >= 0.3 is 5.97 Å². The molecule has 11 heteroatoms. The average molecular weight is 599 g/mol. The molecule has 1 fully saturated rings. The second kappa shape index (κ2) is 14.1. The van der Waals surface area contributed by atoms with Crippen molar-refractivity contribution in [3.8, 4) is 0 Å². The van der Waals surface area contributed by atoms with Crippen molar-refractivity contribution in [3.05, 3.63) is 70.7 Å². The van der Waals surface area contributed by atoms with Gasteiger partial charge in [0, 0.05) is 18.0 Å². The van der Waals surface area contributed by atoms with Crippen LogP contribution in [0.15, 0.2) is 59.6 Å². The maximum Gasteiger partial charge on any atom is 0.337 e. The first kappa shape index (κ1) is 31.5. The van der Waals surface area contributed by atoms with E-state index in [-0.39, 0.29) is 25.5 Å². The van der Waals surface area contributed by atoms with Crippen LogP contribution in [0.5, 0.6) is 0 Å². The lowest BCUT2D eigenvalue weighted by molar-refractivity contribution is -0.147. The van der Waals surface area contributed by atoms with E-state index in [2.05, 4.69) is 5.32 Å². The molecular formula is C31H39ClN4O6. The molecule has 2 aromatic rings. The fraction of sp³-hybridized carbons (Fsp3) is 0.484. The van der Waals surface area contributed by atoms with Gasteiger partial charge in [0.1, 0.15) is 18.7 Å². The molecule has 0 radical (unpaired) electrons. The number of esters is 1. The van der Waals surface area contributed by atoms with E-state index in [1.807, 2.05) is 42.5 Å². The molecule has 10 nitrogen and oxygen atoms in total. The Balaban J connectivity index is 1.59. The third-order valence-corrected chi connectivity index (χ3v) is 7.84. The second-order valence-corrected chi connectivity index (χ2v) is 11.3. The third-order valence-electron chi connectivity index (χ3n) is 7.61. The summed E-state index contributed by atoms with van der Waals surface area (Å²) < 4.78 is 17.3. The minimum atomic E-state index is -1.31. The Bertz CT molecular complexity index is 1290. The van der Waals surface area contributed by atoms with Crippen LogP contribution in [-0.4, -0.2) is 78.6 Å². The van der Waals surface area contributed by atoms with Gasteiger partial charge < -0.3 is 30.2 Å². The molecule has 0 bridgehead atoms. The molecule has 5 atom stereocenters. The van der Waals surface area contributed by atoms with Crippen molar-refractivity contribution in [2.45, 2.75) is 75.9 Å². The average Bonchev–Trinajstić information content (AvgIpc) is 3.43. The highest BCUT2D eigenvalue weighted by molar-refractivity contribution is 6.30. The van der Waals surface area contributed by atoms with Gasteiger partial charge in [-0.05, 0) is 56.4 Å². The monoisotopic (exact) mass is 598 g/mol. The van der Waals surface area contributed by atoms with Gasteiger partial charge in [0.2, 0.25) is 17.7 Å². The third kappa shape index (κ3) is 7.48. The van der Waals surface area contributed by atoms with E-state index in [1.165, 1.54) is 7.11 Å². The summed E-state index contributed by atoms with van der Waals surface area (Å²) in [6, 6.07) is 14.5. The SMILES string of the molecule is COC(=O)[C@@]1(Cc2cccc(Cl)c2)COC([C@@H]2CCCCN2C(=O)[C@@H](NC(=O)[C@H](C)N)C(C)OCc2ccccc2)=N1. The number of aliphatic imine (C=N–C) groups is 1. The molecular weight excluding hydrogens is 560 g/mol. The van der Waals surface area contributed by atoms with E-state index >= 15 is 0 Å². The topological polar surface area (TPSA) is 133 Å². The summed E-state index contributed by atoms with van der Waals surface area (Å²) in [4.78, 5) is 46.3. The molecule has 4 rings (SSSR count). The minimum absolute atomic E-state index is 0.0263. The van der Waals surface area contributed by atoms with Crippen molar-refractivity contribution >= 4 is 35.3 Å². The van der Waals surface area contributed by atoms with Gasteiger partial charge in [-0.15, -0.1) is 0 Å². The van der Waals surface area contributed by atoms with Gasteiger partial charge in [0.25, 0.3) is 0 Å². The molecule has 2 aromatic carbocycles. The number of benzene rings is 2. The zero-order chi connectivity index (χ0) is 30.3. The van der Waals surface area contributed by atoms with Crippen LogP contribution < -0.4 is 11.1 Å². The summed E-state index contributed by atoms with van der Waals surface area (Å²) in [6.07, 6.45) is 1.76. The van der Waals surface area contributed by atoms with Crippen molar-refractivity contribution in [2.24, 2.45) is 10.7 Å². The predicted octanol–water partition coefficient (Wildman–Crippen LogP) is 3.04. The van der Waals surface area contributed by atoms with Crippen LogP contribution in [0.4, 0.5) is 0 Å². The molecule has 226 valence electrons. The van der Waals surface area contributed by atoms with Crippen LogP contribution in [0.3, 0.4) is 0 Å². The summed E-state index contributed by atoms with van der Waals surface area (Å²) in [6.45, 7) is 3.99. The Morgan fingerprint density at radius 1 is 1.14 bits per heavy atom. The molecule has 0 saturated carbocycles. The normalized spacial score (nSPS) is 22.4. The molecule has 3 N–H and O–H groups in total. The lowest BCUT2D eigenvalue weighted by Crippen LogP contribution is -2.60. The number of halogens is 1. The van der Waals surface area contributed by atoms with Crippen molar-refractivity contribution in [3.63, 3.8) is 0 Å². The number of methoxy groups -OCH3 is 1. The van der Waals surface area contributed by atoms with E-state index in [4.69, 9.17) is 36.5 Å². The molecule has 1 saturated heterocycles. The molecule has 0 aliphatic carbocycles. The molecule has 2 aliphatic rings. The molecule has 42 heavy (non-hydrogen) atoms. The van der Waals surface area contributed by atoms with Crippen LogP contribution in [0.25, 0.3) is 0 Å². The minimum Gasteiger partial charge on any atom is -0.476 e. The Morgan fingerprint density at radius 2 is 1.88 bits per heavy atom. The first-order chi connectivity index (χ1) is 20.1. The van der Waals surface area contributed by atoms with Crippen molar-refractivity contribution in [1.29, 1.82) is 0 Å². The Hall–Kier alpha value is -3.47. The maximum atomic E-state index is 14.1. The summed E-state index contributed by atoms with van der Waals surface area (Å²) in [5.74, 6) is -1.02. The molecule has 0 aromatic heterocycles. The number of hydrogen-bond donors (Lipinski definition) is 2. The molecule has 2 amide bonds. The van der Waals surface area contributed by atoms with Gasteiger partial charge in [0.15, 0.2) is 5.54 Å². The highest BCUT2D eigenvalue weighted by Gasteiger charge is 2.49. The largest absolute Gasteiger partial charge is 0.476 e. The smallest absolute Gasteiger partial charge is 0.337 e. The molecule has 2 heterocycles. The zero-order valence-corrected chi connectivity index (χ0v) is 25.0. The first-order valence-corrected chi connectivity index (χ1v) is 14.6. The highest BCUT2D eigenvalue weighted by Crippen LogP contribution is 2.31. The highest BCUT2D eigenvalue weighted by atomic mass is 35.5. The number of hydrogen-bond acceptors (Lipinski definition) is 8. The summed E-state index contributed by atoms with van der Waals surface area (Å²) >= 11 is 6.19. The second-order valence-electron chi connectivity index (χ2n) is 10.9. The number of nitrogens with one attached hydrogen (secondary N) is 1. The first-order valence-electron chi connectivity index (χ1n) is 14.2. The summed E-state index contributed by atoms with van der Waals surface area (Å²) in [5, 5.41) is 3.34. The van der Waals surface area contributed by atoms with Gasteiger partial charge in [-0.25, -0.2) is 9.79 Å². The number of amides is 2. The van der Waals surface area contributed by atoms with E-state index < -0.39 is 41.6 Å². The molecule has 2 aliphatic heterocycles. The summed E-state index contributed by atoms with van der Waals surface area (Å²) in [7, 11) is 1.31. The number of likely N-dealkylation sites (tertiary alicyclic amines) is 1. The van der Waals surface area contributed by atoms with E-state index in [0.29, 0.717) is 23.9 Å². The maximum absolute atomic E-state index is 14.1. The van der Waals surface area contributed by atoms with Crippen molar-refractivity contribution < 1.29 is 28.6 Å². The van der Waals surface area contributed by atoms with Crippen LogP contribution in [0, 0.1) is 0 Å². The van der Waals surface area contributed by atoms with Crippen LogP contribution in [-0.2, 0) is 41.6 Å². The van der Waals surface area contributed by atoms with Gasteiger partial charge in [-0.3, -0.25) is 9.59 Å². The quantitative estimate of drug-likeness (QED) is 0.380. The number of nitrogens with two attached hydrogens (primary N) is 1. The number of carbonyl (C=O) groups is 3. The van der Waals surface area contributed by atoms with Crippen LogP contribution in [0.1, 0.15) is 44.2 Å². The fourth-order valence-corrected chi connectivity index (χ4v) is 5.49. The van der Waals surface area contributed by atoms with E-state index in [1.54, 1.807) is 30.9 Å². The zero-order valence-electron chi connectivity index (χ0n) is 24.3. The Labute approximate surface area is 251 Å². The van der Waals surface area contributed by atoms with Gasteiger partial charge in [-0.2, -0.15) is 0 Å². The number of ether oxygens (including phenoxy) is 3. The number of nitrogens with zero attached hydrogens (tertiary/aromatic N) is 2. The van der Waals surface area contributed by atoms with Crippen LogP contribution >= 0.6 is 11.6 Å². The molecule has 0 spiro atoms. The summed E-state index contributed by atoms with van der Waals surface area (Å²) in [5.41, 5.74) is 6.27. The Morgan fingerprint density at radius 3 is 2.57 bits per heavy atom.